The number of carbonyl (C=O) groups excluding carboxylic acids is 2. The fraction of sp³-hybridized carbons (Fsp3) is 0.435. The van der Waals surface area contributed by atoms with Crippen LogP contribution in [0.4, 0.5) is 10.5 Å². The van der Waals surface area contributed by atoms with Crippen LogP contribution in [-0.4, -0.2) is 74.4 Å². The van der Waals surface area contributed by atoms with Crippen molar-refractivity contribution in [3.05, 3.63) is 54.4 Å². The average Bonchev–Trinajstić information content (AvgIpc) is 2.86. The van der Waals surface area contributed by atoms with Gasteiger partial charge in [0.15, 0.2) is 0 Å². The van der Waals surface area contributed by atoms with Gasteiger partial charge in [0.25, 0.3) is 0 Å². The molecule has 0 aliphatic carbocycles. The van der Waals surface area contributed by atoms with Gasteiger partial charge in [0.2, 0.25) is 10.0 Å². The van der Waals surface area contributed by atoms with Gasteiger partial charge in [-0.25, -0.2) is 13.2 Å². The highest BCUT2D eigenvalue weighted by molar-refractivity contribution is 7.89. The number of nitrogens with zero attached hydrogens (tertiary/aromatic N) is 3. The summed E-state index contributed by atoms with van der Waals surface area (Å²) in [5.74, 6) is -0.206. The zero-order valence-corrected chi connectivity index (χ0v) is 20.1. The van der Waals surface area contributed by atoms with Crippen molar-refractivity contribution in [2.45, 2.75) is 30.7 Å². The number of methoxy groups -OCH3 is 1. The third kappa shape index (κ3) is 7.51. The third-order valence-electron chi connectivity index (χ3n) is 5.59. The molecule has 2 aromatic rings. The Kier molecular flexibility index (Phi) is 9.37. The van der Waals surface area contributed by atoms with Crippen molar-refractivity contribution < 1.29 is 22.7 Å². The standard InChI is InChI=1S/C23H31N5O5S/c1-33-22(29)6-2-3-12-27-13-15-28(16-14-27)34(31,32)21-9-7-20(8-10-21)26-23(30)25-18-19-5-4-11-24-17-19/h4-5,7-11,17H,2-3,6,12-16,18H2,1H3,(H2,25,26,30). The molecule has 0 atom stereocenters. The Morgan fingerprint density at radius 3 is 2.44 bits per heavy atom. The molecule has 0 radical (unpaired) electrons. The molecule has 1 fully saturated rings. The highest BCUT2D eigenvalue weighted by atomic mass is 32.2. The summed E-state index contributed by atoms with van der Waals surface area (Å²) >= 11 is 0. The number of anilines is 1. The fourth-order valence-electron chi connectivity index (χ4n) is 3.62. The van der Waals surface area contributed by atoms with Gasteiger partial charge in [0.05, 0.1) is 12.0 Å². The van der Waals surface area contributed by atoms with Crippen molar-refractivity contribution >= 4 is 27.7 Å². The number of rotatable bonds is 10. The first-order valence-electron chi connectivity index (χ1n) is 11.2. The minimum Gasteiger partial charge on any atom is -0.469 e. The van der Waals surface area contributed by atoms with Crippen LogP contribution in [0.1, 0.15) is 24.8 Å². The number of amides is 2. The summed E-state index contributed by atoms with van der Waals surface area (Å²) in [6.07, 6.45) is 5.36. The van der Waals surface area contributed by atoms with Crippen molar-refractivity contribution in [2.75, 3.05) is 45.2 Å². The van der Waals surface area contributed by atoms with E-state index in [4.69, 9.17) is 0 Å². The number of carbonyl (C=O) groups is 2. The first-order chi connectivity index (χ1) is 16.4. The molecule has 1 aromatic heterocycles. The van der Waals surface area contributed by atoms with E-state index >= 15 is 0 Å². The lowest BCUT2D eigenvalue weighted by Gasteiger charge is -2.34. The molecule has 2 amide bonds. The summed E-state index contributed by atoms with van der Waals surface area (Å²) in [6, 6.07) is 9.43. The van der Waals surface area contributed by atoms with Gasteiger partial charge in [-0.3, -0.25) is 9.78 Å². The van der Waals surface area contributed by atoms with Crippen molar-refractivity contribution in [1.82, 2.24) is 19.5 Å². The van der Waals surface area contributed by atoms with E-state index in [1.807, 2.05) is 6.07 Å². The Balaban J connectivity index is 1.44. The largest absolute Gasteiger partial charge is 0.469 e. The number of esters is 1. The van der Waals surface area contributed by atoms with Crippen LogP contribution in [0.2, 0.25) is 0 Å². The smallest absolute Gasteiger partial charge is 0.319 e. The Morgan fingerprint density at radius 1 is 1.06 bits per heavy atom. The molecule has 2 N–H and O–H groups in total. The number of nitrogens with one attached hydrogen (secondary N) is 2. The number of aromatic nitrogens is 1. The van der Waals surface area contributed by atoms with E-state index in [0.29, 0.717) is 44.8 Å². The van der Waals surface area contributed by atoms with Crippen molar-refractivity contribution in [2.24, 2.45) is 0 Å². The molecule has 0 bridgehead atoms. The Hall–Kier alpha value is -3.02. The molecule has 11 heteroatoms. The van der Waals surface area contributed by atoms with Crippen LogP contribution in [0.5, 0.6) is 0 Å². The lowest BCUT2D eigenvalue weighted by atomic mass is 10.2. The molecule has 3 rings (SSSR count). The first-order valence-corrected chi connectivity index (χ1v) is 12.7. The Morgan fingerprint density at radius 2 is 1.79 bits per heavy atom. The van der Waals surface area contributed by atoms with Gasteiger partial charge in [-0.1, -0.05) is 6.07 Å². The van der Waals surface area contributed by atoms with Gasteiger partial charge < -0.3 is 20.3 Å². The maximum absolute atomic E-state index is 13.0. The van der Waals surface area contributed by atoms with E-state index in [2.05, 4.69) is 25.3 Å². The lowest BCUT2D eigenvalue weighted by Crippen LogP contribution is -2.48. The van der Waals surface area contributed by atoms with Crippen LogP contribution in [0.25, 0.3) is 0 Å². The second-order valence-corrected chi connectivity index (χ2v) is 9.91. The Bertz CT molecular complexity index is 1040. The molecule has 1 aliphatic rings. The van der Waals surface area contributed by atoms with E-state index in [1.165, 1.54) is 23.5 Å². The molecular formula is C23H31N5O5S. The Labute approximate surface area is 200 Å². The van der Waals surface area contributed by atoms with Gasteiger partial charge in [0, 0.05) is 57.2 Å². The van der Waals surface area contributed by atoms with Crippen LogP contribution in [0.3, 0.4) is 0 Å². The summed E-state index contributed by atoms with van der Waals surface area (Å²) in [5.41, 5.74) is 1.37. The topological polar surface area (TPSA) is 121 Å². The first kappa shape index (κ1) is 25.6. The number of ether oxygens (including phenoxy) is 1. The molecule has 34 heavy (non-hydrogen) atoms. The number of unbranched alkanes of at least 4 members (excludes halogenated alkanes) is 1. The molecule has 1 saturated heterocycles. The van der Waals surface area contributed by atoms with E-state index < -0.39 is 10.0 Å². The number of benzene rings is 1. The summed E-state index contributed by atoms with van der Waals surface area (Å²) in [4.78, 5) is 29.7. The molecule has 0 spiro atoms. The maximum Gasteiger partial charge on any atom is 0.319 e. The fourth-order valence-corrected chi connectivity index (χ4v) is 5.04. The normalized spacial score (nSPS) is 15.0. The monoisotopic (exact) mass is 489 g/mol. The zero-order chi connectivity index (χ0) is 24.4. The summed E-state index contributed by atoms with van der Waals surface area (Å²) in [5, 5.41) is 5.43. The quantitative estimate of drug-likeness (QED) is 0.387. The molecular weight excluding hydrogens is 458 g/mol. The number of piperazine rings is 1. The predicted molar refractivity (Wildman–Crippen MR) is 128 cm³/mol. The number of hydrogen-bond donors (Lipinski definition) is 2. The minimum absolute atomic E-state index is 0.195. The van der Waals surface area contributed by atoms with Crippen LogP contribution in [0, 0.1) is 0 Å². The van der Waals surface area contributed by atoms with E-state index in [0.717, 1.165) is 24.9 Å². The summed E-state index contributed by atoms with van der Waals surface area (Å²) < 4.78 is 32.1. The van der Waals surface area contributed by atoms with Crippen molar-refractivity contribution in [3.8, 4) is 0 Å². The lowest BCUT2D eigenvalue weighted by molar-refractivity contribution is -0.140. The third-order valence-corrected chi connectivity index (χ3v) is 7.50. The highest BCUT2D eigenvalue weighted by Crippen LogP contribution is 2.20. The van der Waals surface area contributed by atoms with E-state index in [1.54, 1.807) is 30.6 Å². The van der Waals surface area contributed by atoms with Gasteiger partial charge in [-0.05, 0) is 55.3 Å². The van der Waals surface area contributed by atoms with Gasteiger partial charge in [-0.2, -0.15) is 4.31 Å². The van der Waals surface area contributed by atoms with E-state index in [-0.39, 0.29) is 16.9 Å². The highest BCUT2D eigenvalue weighted by Gasteiger charge is 2.28. The van der Waals surface area contributed by atoms with Gasteiger partial charge in [-0.15, -0.1) is 0 Å². The number of hydrogen-bond acceptors (Lipinski definition) is 7. The number of pyridine rings is 1. The molecule has 1 aliphatic heterocycles. The van der Waals surface area contributed by atoms with Crippen LogP contribution < -0.4 is 10.6 Å². The second kappa shape index (κ2) is 12.4. The molecule has 2 heterocycles. The van der Waals surface area contributed by atoms with Crippen LogP contribution >= 0.6 is 0 Å². The van der Waals surface area contributed by atoms with E-state index in [9.17, 15) is 18.0 Å². The maximum atomic E-state index is 13.0. The van der Waals surface area contributed by atoms with Crippen LogP contribution in [-0.2, 0) is 26.1 Å². The zero-order valence-electron chi connectivity index (χ0n) is 19.3. The average molecular weight is 490 g/mol. The molecule has 184 valence electrons. The SMILES string of the molecule is COC(=O)CCCCN1CCN(S(=O)(=O)c2ccc(NC(=O)NCc3cccnc3)cc2)CC1. The molecule has 10 nitrogen and oxygen atoms in total. The van der Waals surface area contributed by atoms with Crippen LogP contribution in [0.15, 0.2) is 53.7 Å². The van der Waals surface area contributed by atoms with Crippen molar-refractivity contribution in [3.63, 3.8) is 0 Å². The summed E-state index contributed by atoms with van der Waals surface area (Å²) in [6.45, 7) is 3.28. The summed E-state index contributed by atoms with van der Waals surface area (Å²) in [7, 11) is -2.22. The molecule has 0 unspecified atom stereocenters. The van der Waals surface area contributed by atoms with Gasteiger partial charge in [0.1, 0.15) is 0 Å². The molecule has 1 aromatic carbocycles. The minimum atomic E-state index is -3.61. The number of urea groups is 1. The molecule has 0 saturated carbocycles. The van der Waals surface area contributed by atoms with Gasteiger partial charge >= 0.3 is 12.0 Å². The van der Waals surface area contributed by atoms with Crippen molar-refractivity contribution in [1.29, 1.82) is 0 Å². The number of sulfonamides is 1. The second-order valence-electron chi connectivity index (χ2n) is 7.97. The predicted octanol–water partition coefficient (Wildman–Crippen LogP) is 2.05.